The average Bonchev–Trinajstić information content (AvgIpc) is 2.54. The Hall–Kier alpha value is -1.31. The molecule has 24 heavy (non-hydrogen) atoms. The fourth-order valence-corrected chi connectivity index (χ4v) is 2.06. The Balaban J connectivity index is 0.00000529. The van der Waals surface area contributed by atoms with Gasteiger partial charge in [-0.15, -0.1) is 24.0 Å². The molecule has 0 unspecified atom stereocenters. The van der Waals surface area contributed by atoms with Gasteiger partial charge in [0, 0.05) is 38.8 Å². The summed E-state index contributed by atoms with van der Waals surface area (Å²) in [7, 11) is 3.85. The van der Waals surface area contributed by atoms with Crippen molar-refractivity contribution < 1.29 is 4.79 Å². The Kier molecular flexibility index (Phi) is 11.4. The van der Waals surface area contributed by atoms with Gasteiger partial charge < -0.3 is 15.5 Å². The number of amides is 1. The van der Waals surface area contributed by atoms with Crippen molar-refractivity contribution in [1.29, 1.82) is 0 Å². The molecule has 0 aliphatic rings. The summed E-state index contributed by atoms with van der Waals surface area (Å²) in [6, 6.07) is 7.90. The second-order valence-corrected chi connectivity index (χ2v) is 6.02. The minimum absolute atomic E-state index is 0. The summed E-state index contributed by atoms with van der Waals surface area (Å²) >= 11 is 0. The summed E-state index contributed by atoms with van der Waals surface area (Å²) < 4.78 is 0. The highest BCUT2D eigenvalue weighted by Crippen LogP contribution is 2.11. The van der Waals surface area contributed by atoms with E-state index in [1.54, 1.807) is 7.05 Å². The number of unbranched alkanes of at least 4 members (excludes halogenated alkanes) is 1. The van der Waals surface area contributed by atoms with Crippen LogP contribution in [0.25, 0.3) is 0 Å². The zero-order chi connectivity index (χ0) is 17.2. The summed E-state index contributed by atoms with van der Waals surface area (Å²) in [5.74, 6) is 0.919. The van der Waals surface area contributed by atoms with Gasteiger partial charge in [-0.3, -0.25) is 9.79 Å². The first-order chi connectivity index (χ1) is 11.0. The predicted octanol–water partition coefficient (Wildman–Crippen LogP) is 3.71. The van der Waals surface area contributed by atoms with Crippen LogP contribution in [-0.2, 0) is 11.3 Å². The lowest BCUT2D eigenvalue weighted by atomic mass is 10.1. The van der Waals surface area contributed by atoms with E-state index in [1.807, 2.05) is 38.1 Å². The molecule has 6 heteroatoms. The molecule has 0 fully saturated rings. The molecule has 0 bridgehead atoms. The molecule has 0 saturated carbocycles. The van der Waals surface area contributed by atoms with Crippen molar-refractivity contribution in [2.45, 2.75) is 40.2 Å². The van der Waals surface area contributed by atoms with Crippen molar-refractivity contribution in [3.63, 3.8) is 0 Å². The standard InChI is InChI=1S/C18H30N4O.HI/c1-6-7-12-22(5)18(19-4)20-13-15-8-10-16(11-9-15)21-17(23)14(2)3;/h8-11,14H,6-7,12-13H2,1-5H3,(H,19,20)(H,21,23);1H. The number of anilines is 1. The SMILES string of the molecule is CCCCN(C)C(=NC)NCc1ccc(NC(=O)C(C)C)cc1.I. The maximum absolute atomic E-state index is 11.7. The van der Waals surface area contributed by atoms with Gasteiger partial charge in [-0.05, 0) is 24.1 Å². The van der Waals surface area contributed by atoms with Gasteiger partial charge in [0.05, 0.1) is 0 Å². The second-order valence-electron chi connectivity index (χ2n) is 6.02. The molecule has 1 rings (SSSR count). The van der Waals surface area contributed by atoms with Crippen molar-refractivity contribution in [3.8, 4) is 0 Å². The number of carbonyl (C=O) groups is 1. The highest BCUT2D eigenvalue weighted by atomic mass is 127. The van der Waals surface area contributed by atoms with Crippen LogP contribution >= 0.6 is 24.0 Å². The third-order valence-corrected chi connectivity index (χ3v) is 3.62. The van der Waals surface area contributed by atoms with E-state index in [0.717, 1.165) is 30.2 Å². The van der Waals surface area contributed by atoms with Crippen LogP contribution < -0.4 is 10.6 Å². The first-order valence-electron chi connectivity index (χ1n) is 8.29. The molecule has 0 saturated heterocycles. The molecule has 0 aromatic heterocycles. The molecule has 136 valence electrons. The Morgan fingerprint density at radius 3 is 2.38 bits per heavy atom. The molecule has 0 spiro atoms. The third kappa shape index (κ3) is 7.99. The number of rotatable bonds is 7. The number of carbonyl (C=O) groups excluding carboxylic acids is 1. The summed E-state index contributed by atoms with van der Waals surface area (Å²) in [4.78, 5) is 18.1. The van der Waals surface area contributed by atoms with Gasteiger partial charge in [0.2, 0.25) is 5.91 Å². The Morgan fingerprint density at radius 1 is 1.25 bits per heavy atom. The highest BCUT2D eigenvalue weighted by molar-refractivity contribution is 14.0. The van der Waals surface area contributed by atoms with Gasteiger partial charge >= 0.3 is 0 Å². The van der Waals surface area contributed by atoms with Crippen LogP contribution in [-0.4, -0.2) is 37.4 Å². The van der Waals surface area contributed by atoms with Gasteiger partial charge in [-0.1, -0.05) is 39.3 Å². The smallest absolute Gasteiger partial charge is 0.226 e. The molecule has 5 nitrogen and oxygen atoms in total. The summed E-state index contributed by atoms with van der Waals surface area (Å²) in [5.41, 5.74) is 1.98. The number of guanidine groups is 1. The molecule has 0 aliphatic carbocycles. The largest absolute Gasteiger partial charge is 0.352 e. The molecule has 1 aromatic rings. The number of hydrogen-bond acceptors (Lipinski definition) is 2. The van der Waals surface area contributed by atoms with E-state index in [2.05, 4.69) is 34.5 Å². The number of nitrogens with zero attached hydrogens (tertiary/aromatic N) is 2. The third-order valence-electron chi connectivity index (χ3n) is 3.62. The lowest BCUT2D eigenvalue weighted by Crippen LogP contribution is -2.38. The number of nitrogens with one attached hydrogen (secondary N) is 2. The van der Waals surface area contributed by atoms with Gasteiger partial charge in [0.15, 0.2) is 5.96 Å². The van der Waals surface area contributed by atoms with Crippen LogP contribution in [0.5, 0.6) is 0 Å². The number of benzene rings is 1. The van der Waals surface area contributed by atoms with Crippen molar-refractivity contribution in [2.75, 3.05) is 26.0 Å². The summed E-state index contributed by atoms with van der Waals surface area (Å²) in [6.45, 7) is 7.66. The molecule has 1 aromatic carbocycles. The van der Waals surface area contributed by atoms with E-state index in [9.17, 15) is 4.79 Å². The monoisotopic (exact) mass is 446 g/mol. The van der Waals surface area contributed by atoms with Gasteiger partial charge in [0.1, 0.15) is 0 Å². The predicted molar refractivity (Wildman–Crippen MR) is 113 cm³/mol. The molecular formula is C18H31IN4O. The normalized spacial score (nSPS) is 11.0. The molecule has 0 atom stereocenters. The van der Waals surface area contributed by atoms with Gasteiger partial charge in [-0.25, -0.2) is 0 Å². The Labute approximate surface area is 163 Å². The van der Waals surface area contributed by atoms with E-state index in [1.165, 1.54) is 6.42 Å². The average molecular weight is 446 g/mol. The van der Waals surface area contributed by atoms with Crippen LogP contribution in [0.3, 0.4) is 0 Å². The maximum atomic E-state index is 11.7. The lowest BCUT2D eigenvalue weighted by molar-refractivity contribution is -0.118. The quantitative estimate of drug-likeness (QED) is 0.382. The molecule has 2 N–H and O–H groups in total. The molecule has 0 radical (unpaired) electrons. The Morgan fingerprint density at radius 2 is 1.88 bits per heavy atom. The fraction of sp³-hybridized carbons (Fsp3) is 0.556. The summed E-state index contributed by atoms with van der Waals surface area (Å²) in [6.07, 6.45) is 2.33. The maximum Gasteiger partial charge on any atom is 0.226 e. The van der Waals surface area contributed by atoms with Crippen LogP contribution in [0.2, 0.25) is 0 Å². The number of aliphatic imine (C=N–C) groups is 1. The van der Waals surface area contributed by atoms with E-state index in [4.69, 9.17) is 0 Å². The molecular weight excluding hydrogens is 415 g/mol. The van der Waals surface area contributed by atoms with Crippen molar-refractivity contribution in [1.82, 2.24) is 10.2 Å². The zero-order valence-corrected chi connectivity index (χ0v) is 17.8. The van der Waals surface area contributed by atoms with Crippen molar-refractivity contribution in [2.24, 2.45) is 10.9 Å². The number of hydrogen-bond donors (Lipinski definition) is 2. The van der Waals surface area contributed by atoms with E-state index in [-0.39, 0.29) is 35.8 Å². The van der Waals surface area contributed by atoms with E-state index >= 15 is 0 Å². The van der Waals surface area contributed by atoms with Crippen LogP contribution in [0, 0.1) is 5.92 Å². The van der Waals surface area contributed by atoms with Crippen LogP contribution in [0.15, 0.2) is 29.3 Å². The molecule has 1 amide bonds. The van der Waals surface area contributed by atoms with Gasteiger partial charge in [0.25, 0.3) is 0 Å². The Bertz CT molecular complexity index is 514. The number of halogens is 1. The van der Waals surface area contributed by atoms with Crippen molar-refractivity contribution >= 4 is 41.5 Å². The first-order valence-corrected chi connectivity index (χ1v) is 8.29. The second kappa shape index (κ2) is 12.1. The van der Waals surface area contributed by atoms with Crippen molar-refractivity contribution in [3.05, 3.63) is 29.8 Å². The minimum Gasteiger partial charge on any atom is -0.352 e. The molecule has 0 aliphatic heterocycles. The van der Waals surface area contributed by atoms with E-state index in [0.29, 0.717) is 6.54 Å². The highest BCUT2D eigenvalue weighted by Gasteiger charge is 2.07. The first kappa shape index (κ1) is 22.7. The molecule has 0 heterocycles. The van der Waals surface area contributed by atoms with Crippen LogP contribution in [0.1, 0.15) is 39.2 Å². The van der Waals surface area contributed by atoms with Gasteiger partial charge in [-0.2, -0.15) is 0 Å². The minimum atomic E-state index is -0.0154. The lowest BCUT2D eigenvalue weighted by Gasteiger charge is -2.21. The summed E-state index contributed by atoms with van der Waals surface area (Å²) in [5, 5.41) is 6.26. The fourth-order valence-electron chi connectivity index (χ4n) is 2.06. The van der Waals surface area contributed by atoms with E-state index < -0.39 is 0 Å². The topological polar surface area (TPSA) is 56.7 Å². The zero-order valence-electron chi connectivity index (χ0n) is 15.4. The van der Waals surface area contributed by atoms with Crippen LogP contribution in [0.4, 0.5) is 5.69 Å².